The first kappa shape index (κ1) is 22.0. The third-order valence-electron chi connectivity index (χ3n) is 5.64. The number of halogens is 3. The van der Waals surface area contributed by atoms with Crippen LogP contribution < -0.4 is 4.74 Å². The number of hydrogen-bond acceptors (Lipinski definition) is 4. The number of piperidine rings is 1. The number of aliphatic hydroxyl groups excluding tert-OH is 1. The number of methoxy groups -OCH3 is 1. The number of likely N-dealkylation sites (tertiary alicyclic amines) is 1. The predicted molar refractivity (Wildman–Crippen MR) is 102 cm³/mol. The zero-order valence-corrected chi connectivity index (χ0v) is 16.9. The minimum absolute atomic E-state index is 0.00393. The first-order valence-corrected chi connectivity index (χ1v) is 9.48. The molecule has 1 aliphatic rings. The molecule has 1 saturated heterocycles. The number of furan rings is 1. The van der Waals surface area contributed by atoms with Crippen LogP contribution in [0.2, 0.25) is 0 Å². The summed E-state index contributed by atoms with van der Waals surface area (Å²) in [6.45, 7) is 4.08. The lowest BCUT2D eigenvalue weighted by Gasteiger charge is -2.41. The van der Waals surface area contributed by atoms with Gasteiger partial charge in [0.2, 0.25) is 0 Å². The molecule has 1 aliphatic heterocycles. The first-order chi connectivity index (χ1) is 14.0. The van der Waals surface area contributed by atoms with Crippen LogP contribution in [0, 0.1) is 12.3 Å². The van der Waals surface area contributed by atoms with Crippen LogP contribution in [0.4, 0.5) is 18.0 Å². The van der Waals surface area contributed by atoms with Gasteiger partial charge in [0.15, 0.2) is 0 Å². The smallest absolute Gasteiger partial charge is 0.416 e. The molecule has 1 aromatic carbocycles. The second-order valence-electron chi connectivity index (χ2n) is 7.94. The third kappa shape index (κ3) is 4.12. The summed E-state index contributed by atoms with van der Waals surface area (Å²) in [4.78, 5) is 12.6. The fraction of sp³-hybridized carbons (Fsp3) is 0.476. The van der Waals surface area contributed by atoms with Crippen LogP contribution in [0.1, 0.15) is 42.8 Å². The van der Waals surface area contributed by atoms with E-state index in [1.54, 1.807) is 19.9 Å². The van der Waals surface area contributed by atoms with Crippen LogP contribution in [-0.2, 0) is 6.18 Å². The van der Waals surface area contributed by atoms with Crippen molar-refractivity contribution in [2.45, 2.75) is 39.0 Å². The average Bonchev–Trinajstić information content (AvgIpc) is 3.07. The van der Waals surface area contributed by atoms with Crippen molar-refractivity contribution in [3.63, 3.8) is 0 Å². The molecule has 0 saturated carbocycles. The molecule has 0 aliphatic carbocycles. The van der Waals surface area contributed by atoms with Gasteiger partial charge in [-0.05, 0) is 49.6 Å². The fourth-order valence-electron chi connectivity index (χ4n) is 3.96. The normalized spacial score (nSPS) is 20.8. The van der Waals surface area contributed by atoms with Crippen molar-refractivity contribution in [1.29, 1.82) is 0 Å². The molecule has 6 nitrogen and oxygen atoms in total. The number of alkyl halides is 3. The van der Waals surface area contributed by atoms with Gasteiger partial charge < -0.3 is 24.3 Å². The van der Waals surface area contributed by atoms with Gasteiger partial charge >= 0.3 is 12.3 Å². The Morgan fingerprint density at radius 2 is 2.03 bits per heavy atom. The van der Waals surface area contributed by atoms with Gasteiger partial charge in [-0.15, -0.1) is 0 Å². The van der Waals surface area contributed by atoms with Crippen molar-refractivity contribution in [1.82, 2.24) is 4.90 Å². The molecule has 2 N–H and O–H groups in total. The van der Waals surface area contributed by atoms with E-state index in [1.165, 1.54) is 18.1 Å². The maximum Gasteiger partial charge on any atom is 0.416 e. The van der Waals surface area contributed by atoms with Gasteiger partial charge in [0.1, 0.15) is 23.4 Å². The summed E-state index contributed by atoms with van der Waals surface area (Å²) in [5, 5.41) is 20.3. The highest BCUT2D eigenvalue weighted by Gasteiger charge is 2.41. The van der Waals surface area contributed by atoms with Crippen LogP contribution in [0.15, 0.2) is 28.7 Å². The average molecular weight is 427 g/mol. The van der Waals surface area contributed by atoms with Gasteiger partial charge in [-0.3, -0.25) is 0 Å². The molecule has 1 amide bonds. The quantitative estimate of drug-likeness (QED) is 0.710. The minimum Gasteiger partial charge on any atom is -0.496 e. The molecular weight excluding hydrogens is 403 g/mol. The third-order valence-corrected chi connectivity index (χ3v) is 5.64. The summed E-state index contributed by atoms with van der Waals surface area (Å²) in [7, 11) is 1.27. The first-order valence-electron chi connectivity index (χ1n) is 9.48. The monoisotopic (exact) mass is 427 g/mol. The molecule has 30 heavy (non-hydrogen) atoms. The molecule has 2 atom stereocenters. The second kappa shape index (κ2) is 7.86. The summed E-state index contributed by atoms with van der Waals surface area (Å²) in [5.41, 5.74) is -0.627. The van der Waals surface area contributed by atoms with E-state index in [1.807, 2.05) is 0 Å². The fourth-order valence-corrected chi connectivity index (χ4v) is 3.96. The zero-order chi connectivity index (χ0) is 22.3. The Morgan fingerprint density at radius 3 is 2.63 bits per heavy atom. The van der Waals surface area contributed by atoms with E-state index in [2.05, 4.69) is 0 Å². The van der Waals surface area contributed by atoms with Crippen LogP contribution in [0.5, 0.6) is 5.75 Å². The molecule has 1 fully saturated rings. The van der Waals surface area contributed by atoms with Crippen molar-refractivity contribution in [2.75, 3.05) is 20.2 Å². The highest BCUT2D eigenvalue weighted by atomic mass is 19.4. The minimum atomic E-state index is -4.50. The van der Waals surface area contributed by atoms with E-state index in [0.29, 0.717) is 36.3 Å². The molecule has 9 heteroatoms. The van der Waals surface area contributed by atoms with E-state index < -0.39 is 29.4 Å². The molecule has 164 valence electrons. The maximum absolute atomic E-state index is 13.0. The lowest BCUT2D eigenvalue weighted by Crippen LogP contribution is -2.46. The Balaban J connectivity index is 1.95. The van der Waals surface area contributed by atoms with E-state index in [4.69, 9.17) is 9.15 Å². The van der Waals surface area contributed by atoms with E-state index in [0.717, 1.165) is 12.1 Å². The largest absolute Gasteiger partial charge is 0.496 e. The van der Waals surface area contributed by atoms with Crippen molar-refractivity contribution in [2.24, 2.45) is 5.41 Å². The Morgan fingerprint density at radius 1 is 1.33 bits per heavy atom. The summed E-state index contributed by atoms with van der Waals surface area (Å²) in [5.74, 6) is 0.535. The summed E-state index contributed by atoms with van der Waals surface area (Å²) in [6, 6.07) is 4.75. The highest BCUT2D eigenvalue weighted by Crippen LogP contribution is 2.45. The van der Waals surface area contributed by atoms with Crippen molar-refractivity contribution in [3.05, 3.63) is 41.2 Å². The van der Waals surface area contributed by atoms with Crippen LogP contribution in [0.25, 0.3) is 11.3 Å². The van der Waals surface area contributed by atoms with Crippen LogP contribution in [-0.4, -0.2) is 41.4 Å². The number of carboxylic acid groups (broad SMARTS) is 1. The van der Waals surface area contributed by atoms with Crippen LogP contribution in [0.3, 0.4) is 0 Å². The number of aliphatic hydroxyl groups is 1. The topological polar surface area (TPSA) is 83.1 Å². The van der Waals surface area contributed by atoms with Crippen molar-refractivity contribution < 1.29 is 37.3 Å². The Hall–Kier alpha value is -2.68. The summed E-state index contributed by atoms with van der Waals surface area (Å²) in [6.07, 6.45) is -5.40. The number of ether oxygens (including phenoxy) is 1. The molecule has 3 rings (SSSR count). The highest BCUT2D eigenvalue weighted by molar-refractivity contribution is 5.70. The summed E-state index contributed by atoms with van der Waals surface area (Å²) < 4.78 is 50.0. The molecule has 0 unspecified atom stereocenters. The number of amides is 1. The molecule has 0 spiro atoms. The molecule has 0 radical (unpaired) electrons. The standard InChI is InChI=1S/C21H24F3NO5/c1-12-9-16(18(26)20(2)7-4-8-25(11-20)19(27)28)30-17(12)14-6-5-13(21(22,23)24)10-15(14)29-3/h5-6,9-10,18,26H,4,7-8,11H2,1-3H3,(H,27,28)/t18-,20+/m0/s1. The lowest BCUT2D eigenvalue weighted by molar-refractivity contribution is -0.137. The molecule has 1 aromatic heterocycles. The van der Waals surface area contributed by atoms with Crippen molar-refractivity contribution >= 4 is 6.09 Å². The Bertz CT molecular complexity index is 939. The summed E-state index contributed by atoms with van der Waals surface area (Å²) >= 11 is 0. The second-order valence-corrected chi connectivity index (χ2v) is 7.94. The van der Waals surface area contributed by atoms with Gasteiger partial charge in [0.05, 0.1) is 18.2 Å². The molecular formula is C21H24F3NO5. The number of hydrogen-bond donors (Lipinski definition) is 2. The number of carbonyl (C=O) groups is 1. The maximum atomic E-state index is 13.0. The Kier molecular flexibility index (Phi) is 5.77. The predicted octanol–water partition coefficient (Wildman–Crippen LogP) is 5.10. The van der Waals surface area contributed by atoms with Gasteiger partial charge in [-0.2, -0.15) is 13.2 Å². The molecule has 2 heterocycles. The number of aryl methyl sites for hydroxylation is 1. The van der Waals surface area contributed by atoms with E-state index in [9.17, 15) is 28.2 Å². The molecule has 0 bridgehead atoms. The van der Waals surface area contributed by atoms with E-state index >= 15 is 0 Å². The van der Waals surface area contributed by atoms with E-state index in [-0.39, 0.29) is 18.1 Å². The number of benzene rings is 1. The Labute approximate surface area is 171 Å². The zero-order valence-electron chi connectivity index (χ0n) is 16.9. The van der Waals surface area contributed by atoms with Crippen LogP contribution >= 0.6 is 0 Å². The number of nitrogens with zero attached hydrogens (tertiary/aromatic N) is 1. The van der Waals surface area contributed by atoms with Crippen molar-refractivity contribution in [3.8, 4) is 17.1 Å². The molecule has 2 aromatic rings. The van der Waals surface area contributed by atoms with Gasteiger partial charge in [0, 0.05) is 18.5 Å². The van der Waals surface area contributed by atoms with Gasteiger partial charge in [-0.25, -0.2) is 4.79 Å². The number of rotatable bonds is 4. The lowest BCUT2D eigenvalue weighted by atomic mass is 9.76. The van der Waals surface area contributed by atoms with Gasteiger partial charge in [-0.1, -0.05) is 6.92 Å². The van der Waals surface area contributed by atoms with Gasteiger partial charge in [0.25, 0.3) is 0 Å². The SMILES string of the molecule is COc1cc(C(F)(F)F)ccc1-c1oc([C@H](O)[C@]2(C)CCCN(C(=O)O)C2)cc1C.